The van der Waals surface area contributed by atoms with Gasteiger partial charge in [-0.15, -0.1) is 5.10 Å². The molecule has 18 heavy (non-hydrogen) atoms. The molecule has 0 aliphatic heterocycles. The first-order valence-corrected chi connectivity index (χ1v) is 6.46. The van der Waals surface area contributed by atoms with Gasteiger partial charge in [0, 0.05) is 19.3 Å². The Kier molecular flexibility index (Phi) is 3.98. The molecule has 0 aromatic carbocycles. The van der Waals surface area contributed by atoms with Gasteiger partial charge in [-0.05, 0) is 31.7 Å². The highest BCUT2D eigenvalue weighted by Gasteiger charge is 2.09. The van der Waals surface area contributed by atoms with E-state index < -0.39 is 0 Å². The molecule has 2 aromatic heterocycles. The molecule has 0 fully saturated rings. The molecule has 2 aromatic rings. The van der Waals surface area contributed by atoms with Gasteiger partial charge in [-0.3, -0.25) is 4.57 Å². The normalized spacial score (nSPS) is 10.6. The van der Waals surface area contributed by atoms with Gasteiger partial charge in [0.05, 0.1) is 0 Å². The number of nitrogens with one attached hydrogen (secondary N) is 2. The topological polar surface area (TPSA) is 88.5 Å². The third-order valence-corrected chi connectivity index (χ3v) is 3.13. The van der Waals surface area contributed by atoms with Crippen LogP contribution in [0, 0.1) is 0 Å². The molecule has 2 heterocycles. The van der Waals surface area contributed by atoms with Crippen molar-refractivity contribution in [3.05, 3.63) is 22.7 Å². The number of aromatic amines is 1. The first kappa shape index (κ1) is 12.6. The summed E-state index contributed by atoms with van der Waals surface area (Å²) in [5.74, 6) is 0.573. The summed E-state index contributed by atoms with van der Waals surface area (Å²) in [4.78, 5) is 19.8. The predicted molar refractivity (Wildman–Crippen MR) is 68.8 cm³/mol. The van der Waals surface area contributed by atoms with E-state index in [2.05, 4.69) is 25.5 Å². The van der Waals surface area contributed by atoms with E-state index in [1.165, 1.54) is 11.8 Å². The van der Waals surface area contributed by atoms with E-state index in [1.807, 2.05) is 13.8 Å². The second-order valence-electron chi connectivity index (χ2n) is 3.41. The molecule has 7 nitrogen and oxygen atoms in total. The van der Waals surface area contributed by atoms with Gasteiger partial charge in [-0.25, -0.2) is 19.9 Å². The Morgan fingerprint density at radius 1 is 1.50 bits per heavy atom. The van der Waals surface area contributed by atoms with Gasteiger partial charge < -0.3 is 5.32 Å². The number of hydrogen-bond acceptors (Lipinski definition) is 6. The Morgan fingerprint density at radius 3 is 3.06 bits per heavy atom. The average molecular weight is 266 g/mol. The van der Waals surface area contributed by atoms with Crippen molar-refractivity contribution in [3.8, 4) is 0 Å². The largest absolute Gasteiger partial charge is 0.354 e. The zero-order valence-electron chi connectivity index (χ0n) is 10.2. The molecule has 0 bridgehead atoms. The quantitative estimate of drug-likeness (QED) is 0.784. The lowest BCUT2D eigenvalue weighted by molar-refractivity contribution is 0.660. The zero-order valence-corrected chi connectivity index (χ0v) is 11.0. The van der Waals surface area contributed by atoms with Crippen molar-refractivity contribution >= 4 is 17.7 Å². The maximum atomic E-state index is 11.4. The van der Waals surface area contributed by atoms with E-state index in [4.69, 9.17) is 0 Å². The molecule has 0 saturated carbocycles. The number of hydrogen-bond donors (Lipinski definition) is 2. The van der Waals surface area contributed by atoms with E-state index >= 15 is 0 Å². The SMILES string of the molecule is CCNc1nccc(Sc2n[nH]c(=O)n2CC)n1. The van der Waals surface area contributed by atoms with Gasteiger partial charge in [0.25, 0.3) is 0 Å². The van der Waals surface area contributed by atoms with Crippen LogP contribution in [0.3, 0.4) is 0 Å². The van der Waals surface area contributed by atoms with Crippen LogP contribution in [0.15, 0.2) is 27.2 Å². The molecule has 0 aliphatic rings. The smallest absolute Gasteiger partial charge is 0.343 e. The average Bonchev–Trinajstić information content (AvgIpc) is 2.71. The van der Waals surface area contributed by atoms with Crippen molar-refractivity contribution in [2.24, 2.45) is 0 Å². The summed E-state index contributed by atoms with van der Waals surface area (Å²) in [5, 5.41) is 10.8. The first-order chi connectivity index (χ1) is 8.74. The third kappa shape index (κ3) is 2.70. The van der Waals surface area contributed by atoms with E-state index in [9.17, 15) is 4.79 Å². The number of aromatic nitrogens is 5. The Hall–Kier alpha value is -1.83. The molecule has 8 heteroatoms. The molecule has 0 radical (unpaired) electrons. The molecular weight excluding hydrogens is 252 g/mol. The summed E-state index contributed by atoms with van der Waals surface area (Å²) >= 11 is 1.33. The minimum atomic E-state index is -0.207. The molecular formula is C10H14N6OS. The second kappa shape index (κ2) is 5.67. The number of rotatable bonds is 5. The maximum absolute atomic E-state index is 11.4. The van der Waals surface area contributed by atoms with Crippen molar-refractivity contribution in [1.29, 1.82) is 0 Å². The molecule has 0 atom stereocenters. The summed E-state index contributed by atoms with van der Waals surface area (Å²) in [5.41, 5.74) is -0.207. The number of H-pyrrole nitrogens is 1. The maximum Gasteiger partial charge on any atom is 0.343 e. The van der Waals surface area contributed by atoms with Crippen LogP contribution < -0.4 is 11.0 Å². The summed E-state index contributed by atoms with van der Waals surface area (Å²) in [6, 6.07) is 1.78. The van der Waals surface area contributed by atoms with Crippen LogP contribution in [0.1, 0.15) is 13.8 Å². The lowest BCUT2D eigenvalue weighted by Crippen LogP contribution is -2.16. The number of anilines is 1. The summed E-state index contributed by atoms with van der Waals surface area (Å²) in [6.45, 7) is 5.20. The van der Waals surface area contributed by atoms with Gasteiger partial charge in [0.1, 0.15) is 5.03 Å². The first-order valence-electron chi connectivity index (χ1n) is 5.64. The van der Waals surface area contributed by atoms with Crippen LogP contribution in [0.25, 0.3) is 0 Å². The van der Waals surface area contributed by atoms with E-state index in [1.54, 1.807) is 16.8 Å². The lowest BCUT2D eigenvalue weighted by atomic mass is 10.6. The van der Waals surface area contributed by atoms with Crippen molar-refractivity contribution in [1.82, 2.24) is 24.7 Å². The summed E-state index contributed by atoms with van der Waals surface area (Å²) < 4.78 is 1.56. The Morgan fingerprint density at radius 2 is 2.33 bits per heavy atom. The van der Waals surface area contributed by atoms with Crippen LogP contribution in [0.5, 0.6) is 0 Å². The molecule has 2 rings (SSSR count). The van der Waals surface area contributed by atoms with Crippen LogP contribution >= 0.6 is 11.8 Å². The van der Waals surface area contributed by atoms with Crippen molar-refractivity contribution < 1.29 is 0 Å². The molecule has 2 N–H and O–H groups in total. The van der Waals surface area contributed by atoms with Crippen LogP contribution in [-0.2, 0) is 6.54 Å². The van der Waals surface area contributed by atoms with Crippen LogP contribution in [0.4, 0.5) is 5.95 Å². The van der Waals surface area contributed by atoms with E-state index in [-0.39, 0.29) is 5.69 Å². The van der Waals surface area contributed by atoms with Gasteiger partial charge in [0.2, 0.25) is 5.95 Å². The molecule has 0 saturated heterocycles. The molecule has 0 unspecified atom stereocenters. The fourth-order valence-corrected chi connectivity index (χ4v) is 2.26. The van der Waals surface area contributed by atoms with Crippen molar-refractivity contribution in [2.75, 3.05) is 11.9 Å². The lowest BCUT2D eigenvalue weighted by Gasteiger charge is -2.04. The van der Waals surface area contributed by atoms with Crippen molar-refractivity contribution in [2.45, 2.75) is 30.6 Å². The molecule has 0 amide bonds. The van der Waals surface area contributed by atoms with Crippen LogP contribution in [-0.4, -0.2) is 31.3 Å². The van der Waals surface area contributed by atoms with E-state index in [0.29, 0.717) is 17.6 Å². The molecule has 96 valence electrons. The Balaban J connectivity index is 2.22. The van der Waals surface area contributed by atoms with Gasteiger partial charge >= 0.3 is 5.69 Å². The highest BCUT2D eigenvalue weighted by molar-refractivity contribution is 7.99. The van der Waals surface area contributed by atoms with E-state index in [0.717, 1.165) is 11.6 Å². The second-order valence-corrected chi connectivity index (χ2v) is 4.39. The Labute approximate surface area is 108 Å². The summed E-state index contributed by atoms with van der Waals surface area (Å²) in [6.07, 6.45) is 1.67. The summed E-state index contributed by atoms with van der Waals surface area (Å²) in [7, 11) is 0. The third-order valence-electron chi connectivity index (χ3n) is 2.20. The molecule has 0 spiro atoms. The van der Waals surface area contributed by atoms with Gasteiger partial charge in [-0.1, -0.05) is 0 Å². The van der Waals surface area contributed by atoms with Gasteiger partial charge in [-0.2, -0.15) is 0 Å². The minimum absolute atomic E-state index is 0.207. The predicted octanol–water partition coefficient (Wildman–Crippen LogP) is 0.964. The van der Waals surface area contributed by atoms with Crippen LogP contribution in [0.2, 0.25) is 0 Å². The minimum Gasteiger partial charge on any atom is -0.354 e. The standard InChI is InChI=1S/C10H14N6OS/c1-3-11-8-12-6-5-7(13-8)18-10-15-14-9(17)16(10)4-2/h5-6H,3-4H2,1-2H3,(H,14,17)(H,11,12,13). The van der Waals surface area contributed by atoms with Gasteiger partial charge in [0.15, 0.2) is 5.16 Å². The fraction of sp³-hybridized carbons (Fsp3) is 0.400. The zero-order chi connectivity index (χ0) is 13.0. The number of nitrogens with zero attached hydrogens (tertiary/aromatic N) is 4. The highest BCUT2D eigenvalue weighted by atomic mass is 32.2. The Bertz CT molecular complexity index is 578. The van der Waals surface area contributed by atoms with Crippen molar-refractivity contribution in [3.63, 3.8) is 0 Å². The molecule has 0 aliphatic carbocycles. The monoisotopic (exact) mass is 266 g/mol. The fourth-order valence-electron chi connectivity index (χ4n) is 1.40. The highest BCUT2D eigenvalue weighted by Crippen LogP contribution is 2.23.